The number of rotatable bonds is 13. The van der Waals surface area contributed by atoms with E-state index in [2.05, 4.69) is 45.0 Å². The Kier molecular flexibility index (Phi) is 11.4. The summed E-state index contributed by atoms with van der Waals surface area (Å²) in [7, 11) is 0. The molecule has 1 aromatic carbocycles. The Hall–Kier alpha value is -0.567. The van der Waals surface area contributed by atoms with E-state index in [1.807, 2.05) is 12.1 Å². The summed E-state index contributed by atoms with van der Waals surface area (Å²) in [5.41, 5.74) is 1.32. The predicted octanol–water partition coefficient (Wildman–Crippen LogP) is 7.86. The topological polar surface area (TPSA) is 0 Å². The molecule has 0 N–H and O–H groups in total. The Bertz CT molecular complexity index is 431. The van der Waals surface area contributed by atoms with E-state index in [-0.39, 0.29) is 0 Å². The zero-order valence-electron chi connectivity index (χ0n) is 16.1. The molecule has 0 amide bonds. The molecule has 24 heavy (non-hydrogen) atoms. The van der Waals surface area contributed by atoms with Crippen molar-refractivity contribution < 1.29 is 4.39 Å². The quantitative estimate of drug-likeness (QED) is 0.299. The van der Waals surface area contributed by atoms with E-state index in [1.54, 1.807) is 0 Å². The monoisotopic (exact) mass is 394 g/mol. The van der Waals surface area contributed by atoms with Gasteiger partial charge in [-0.05, 0) is 0 Å². The molecule has 0 nitrogen and oxygen atoms in total. The standard InChI is InChI=1S/C22H37FGe/c1-4-7-18-24(19-8-5-2,20-9-6-3)22(23)17-13-16-21-14-11-10-12-15-21/h10-12,14-15,17H,4-9,13,16,18-20H2,1-3H3/b22-17+. The molecule has 0 heterocycles. The van der Waals surface area contributed by atoms with Gasteiger partial charge in [0.2, 0.25) is 0 Å². The van der Waals surface area contributed by atoms with Gasteiger partial charge in [-0.2, -0.15) is 0 Å². The molecule has 0 saturated carbocycles. The molecule has 0 aliphatic heterocycles. The summed E-state index contributed by atoms with van der Waals surface area (Å²) in [5, 5.41) is 3.60. The fraction of sp³-hybridized carbons (Fsp3) is 0.636. The van der Waals surface area contributed by atoms with E-state index in [0.717, 1.165) is 12.8 Å². The van der Waals surface area contributed by atoms with E-state index in [9.17, 15) is 0 Å². The molecule has 0 fully saturated rings. The first kappa shape index (κ1) is 21.5. The van der Waals surface area contributed by atoms with Crippen LogP contribution in [0.4, 0.5) is 4.39 Å². The number of aryl methyl sites for hydroxylation is 1. The molecule has 1 aromatic rings. The molecule has 0 atom stereocenters. The van der Waals surface area contributed by atoms with Gasteiger partial charge in [-0.15, -0.1) is 0 Å². The Balaban J connectivity index is 2.80. The zero-order valence-corrected chi connectivity index (χ0v) is 18.2. The first-order valence-corrected chi connectivity index (χ1v) is 15.6. The number of unbranched alkanes of at least 4 members (excludes halogenated alkanes) is 3. The van der Waals surface area contributed by atoms with Gasteiger partial charge in [-0.25, -0.2) is 0 Å². The molecule has 0 unspecified atom stereocenters. The number of halogens is 1. The number of benzene rings is 1. The van der Waals surface area contributed by atoms with Gasteiger partial charge >= 0.3 is 152 Å². The normalized spacial score (nSPS) is 12.6. The fourth-order valence-electron chi connectivity index (χ4n) is 3.51. The van der Waals surface area contributed by atoms with Crippen LogP contribution in [-0.4, -0.2) is 13.3 Å². The SMILES string of the molecule is CCC[CH2][Ge]([CH2]CCC)([CH2]CCC)/[C](F)=C/CCc1ccccc1. The van der Waals surface area contributed by atoms with Crippen LogP contribution in [0.3, 0.4) is 0 Å². The van der Waals surface area contributed by atoms with Crippen LogP contribution in [0, 0.1) is 0 Å². The molecule has 1 rings (SSSR count). The number of hydrogen-bond acceptors (Lipinski definition) is 0. The summed E-state index contributed by atoms with van der Waals surface area (Å²) < 4.78 is 15.7. The summed E-state index contributed by atoms with van der Waals surface area (Å²) >= 11 is -2.50. The average molecular weight is 393 g/mol. The Morgan fingerprint density at radius 3 is 1.83 bits per heavy atom. The summed E-state index contributed by atoms with van der Waals surface area (Å²) in [6.07, 6.45) is 11.0. The van der Waals surface area contributed by atoms with E-state index >= 15 is 4.39 Å². The minimum atomic E-state index is -2.50. The third kappa shape index (κ3) is 7.55. The van der Waals surface area contributed by atoms with Crippen LogP contribution in [0.15, 0.2) is 41.1 Å². The van der Waals surface area contributed by atoms with E-state index < -0.39 is 13.3 Å². The molecule has 0 spiro atoms. The second kappa shape index (κ2) is 12.7. The molecular weight excluding hydrogens is 356 g/mol. The average Bonchev–Trinajstić information content (AvgIpc) is 2.62. The van der Waals surface area contributed by atoms with Gasteiger partial charge in [-0.1, -0.05) is 0 Å². The second-order valence-electron chi connectivity index (χ2n) is 7.17. The van der Waals surface area contributed by atoms with Crippen LogP contribution in [0.1, 0.15) is 71.3 Å². The van der Waals surface area contributed by atoms with Crippen molar-refractivity contribution in [1.29, 1.82) is 0 Å². The van der Waals surface area contributed by atoms with Crippen molar-refractivity contribution >= 4 is 13.3 Å². The van der Waals surface area contributed by atoms with E-state index in [4.69, 9.17) is 0 Å². The van der Waals surface area contributed by atoms with E-state index in [0.29, 0.717) is 4.66 Å². The predicted molar refractivity (Wildman–Crippen MR) is 109 cm³/mol. The molecule has 0 radical (unpaired) electrons. The minimum absolute atomic E-state index is 0.362. The van der Waals surface area contributed by atoms with Gasteiger partial charge in [0.25, 0.3) is 0 Å². The van der Waals surface area contributed by atoms with Crippen LogP contribution < -0.4 is 0 Å². The number of hydrogen-bond donors (Lipinski definition) is 0. The Labute approximate surface area is 152 Å². The molecule has 0 bridgehead atoms. The molecule has 0 aliphatic rings. The van der Waals surface area contributed by atoms with Gasteiger partial charge in [0.15, 0.2) is 0 Å². The van der Waals surface area contributed by atoms with E-state index in [1.165, 1.54) is 59.8 Å². The Morgan fingerprint density at radius 1 is 0.875 bits per heavy atom. The second-order valence-corrected chi connectivity index (χ2v) is 16.7. The summed E-state index contributed by atoms with van der Waals surface area (Å²) in [6, 6.07) is 10.5. The third-order valence-electron chi connectivity index (χ3n) is 5.13. The van der Waals surface area contributed by atoms with Crippen LogP contribution in [-0.2, 0) is 6.42 Å². The van der Waals surface area contributed by atoms with Gasteiger partial charge in [0.05, 0.1) is 0 Å². The van der Waals surface area contributed by atoms with Crippen LogP contribution in [0.5, 0.6) is 0 Å². The van der Waals surface area contributed by atoms with Crippen molar-refractivity contribution in [2.24, 2.45) is 0 Å². The van der Waals surface area contributed by atoms with Gasteiger partial charge in [-0.3, -0.25) is 0 Å². The van der Waals surface area contributed by atoms with Crippen molar-refractivity contribution in [3.8, 4) is 0 Å². The van der Waals surface area contributed by atoms with Crippen LogP contribution in [0.2, 0.25) is 15.8 Å². The maximum atomic E-state index is 15.3. The maximum absolute atomic E-state index is 15.3. The van der Waals surface area contributed by atoms with Gasteiger partial charge in [0, 0.05) is 0 Å². The molecule has 2 heteroatoms. The van der Waals surface area contributed by atoms with Crippen LogP contribution >= 0.6 is 0 Å². The first-order valence-electron chi connectivity index (χ1n) is 10.1. The van der Waals surface area contributed by atoms with Crippen molar-refractivity contribution in [3.63, 3.8) is 0 Å². The van der Waals surface area contributed by atoms with Crippen molar-refractivity contribution in [2.45, 2.75) is 87.9 Å². The molecule has 136 valence electrons. The first-order chi connectivity index (χ1) is 11.7. The van der Waals surface area contributed by atoms with Crippen molar-refractivity contribution in [3.05, 3.63) is 46.6 Å². The van der Waals surface area contributed by atoms with Crippen molar-refractivity contribution in [1.82, 2.24) is 0 Å². The summed E-state index contributed by atoms with van der Waals surface area (Å²) in [5.74, 6) is 0. The van der Waals surface area contributed by atoms with Crippen LogP contribution in [0.25, 0.3) is 0 Å². The van der Waals surface area contributed by atoms with Gasteiger partial charge in [0.1, 0.15) is 0 Å². The summed E-state index contributed by atoms with van der Waals surface area (Å²) in [4.78, 5) is 0. The summed E-state index contributed by atoms with van der Waals surface area (Å²) in [6.45, 7) is 6.72. The molecule has 0 aromatic heterocycles. The number of allylic oxidation sites excluding steroid dienone is 1. The molecular formula is C22H37FGe. The zero-order chi connectivity index (χ0) is 17.7. The third-order valence-corrected chi connectivity index (χ3v) is 15.9. The van der Waals surface area contributed by atoms with Crippen molar-refractivity contribution in [2.75, 3.05) is 0 Å². The fourth-order valence-corrected chi connectivity index (χ4v) is 14.3. The van der Waals surface area contributed by atoms with Gasteiger partial charge < -0.3 is 0 Å². The molecule has 0 aliphatic carbocycles. The molecule has 0 saturated heterocycles. The Morgan fingerprint density at radius 2 is 1.38 bits per heavy atom.